The van der Waals surface area contributed by atoms with Crippen LogP contribution in [0.25, 0.3) is 0 Å². The van der Waals surface area contributed by atoms with E-state index in [0.29, 0.717) is 6.54 Å². The number of nitrogens with one attached hydrogen (secondary N) is 1. The predicted octanol–water partition coefficient (Wildman–Crippen LogP) is 1.12. The summed E-state index contributed by atoms with van der Waals surface area (Å²) < 4.78 is 0. The van der Waals surface area contributed by atoms with E-state index in [9.17, 15) is 4.79 Å². The standard InChI is InChI=1S/C12H20N2O2/c15-9-10-6-7-14(8-10)12(16)13-11-4-2-1-3-5-11/h2,4,10-11,15H,1,3,5-9H2,(H,13,16). The Kier molecular flexibility index (Phi) is 3.83. The first-order valence-electron chi connectivity index (χ1n) is 6.12. The summed E-state index contributed by atoms with van der Waals surface area (Å²) in [6.45, 7) is 1.65. The van der Waals surface area contributed by atoms with E-state index in [4.69, 9.17) is 5.11 Å². The second kappa shape index (κ2) is 5.34. The summed E-state index contributed by atoms with van der Waals surface area (Å²) in [7, 11) is 0. The van der Waals surface area contributed by atoms with Crippen molar-refractivity contribution < 1.29 is 9.90 Å². The minimum atomic E-state index is 0.0208. The Hall–Kier alpha value is -1.03. The quantitative estimate of drug-likeness (QED) is 0.691. The third kappa shape index (κ3) is 2.76. The van der Waals surface area contributed by atoms with Crippen LogP contribution >= 0.6 is 0 Å². The number of amides is 2. The second-order valence-corrected chi connectivity index (χ2v) is 4.70. The lowest BCUT2D eigenvalue weighted by Crippen LogP contribution is -2.43. The smallest absolute Gasteiger partial charge is 0.317 e. The molecule has 2 aliphatic rings. The number of carbonyl (C=O) groups excluding carboxylic acids is 1. The van der Waals surface area contributed by atoms with Gasteiger partial charge in [-0.25, -0.2) is 4.79 Å². The molecule has 2 atom stereocenters. The maximum Gasteiger partial charge on any atom is 0.317 e. The zero-order chi connectivity index (χ0) is 11.4. The fraction of sp³-hybridized carbons (Fsp3) is 0.750. The van der Waals surface area contributed by atoms with Crippen molar-refractivity contribution >= 4 is 6.03 Å². The number of aliphatic hydroxyl groups excluding tert-OH is 1. The Balaban J connectivity index is 1.79. The molecule has 0 spiro atoms. The van der Waals surface area contributed by atoms with Gasteiger partial charge in [-0.2, -0.15) is 0 Å². The van der Waals surface area contributed by atoms with Crippen molar-refractivity contribution in [1.82, 2.24) is 10.2 Å². The SMILES string of the molecule is O=C(NC1C=CCCC1)N1CCC(CO)C1. The first kappa shape index (κ1) is 11.5. The number of nitrogens with zero attached hydrogens (tertiary/aromatic N) is 1. The van der Waals surface area contributed by atoms with E-state index in [1.54, 1.807) is 0 Å². The lowest BCUT2D eigenvalue weighted by Gasteiger charge is -2.23. The number of allylic oxidation sites excluding steroid dienone is 1. The maximum absolute atomic E-state index is 11.9. The van der Waals surface area contributed by atoms with Crippen molar-refractivity contribution in [2.24, 2.45) is 5.92 Å². The van der Waals surface area contributed by atoms with Gasteiger partial charge < -0.3 is 15.3 Å². The van der Waals surface area contributed by atoms with Gasteiger partial charge in [-0.3, -0.25) is 0 Å². The molecule has 16 heavy (non-hydrogen) atoms. The van der Waals surface area contributed by atoms with Crippen LogP contribution in [0.5, 0.6) is 0 Å². The molecule has 0 radical (unpaired) electrons. The minimum absolute atomic E-state index is 0.0208. The second-order valence-electron chi connectivity index (χ2n) is 4.70. The van der Waals surface area contributed by atoms with E-state index in [2.05, 4.69) is 17.5 Å². The molecule has 2 rings (SSSR count). The Bertz CT molecular complexity index is 278. The van der Waals surface area contributed by atoms with Gasteiger partial charge in [-0.1, -0.05) is 12.2 Å². The molecular weight excluding hydrogens is 204 g/mol. The van der Waals surface area contributed by atoms with Crippen molar-refractivity contribution in [3.05, 3.63) is 12.2 Å². The molecule has 2 N–H and O–H groups in total. The molecule has 4 nitrogen and oxygen atoms in total. The van der Waals surface area contributed by atoms with E-state index in [1.165, 1.54) is 0 Å². The van der Waals surface area contributed by atoms with Crippen LogP contribution in [0.15, 0.2) is 12.2 Å². The fourth-order valence-corrected chi connectivity index (χ4v) is 2.35. The van der Waals surface area contributed by atoms with Gasteiger partial charge in [-0.05, 0) is 25.7 Å². The first-order valence-corrected chi connectivity index (χ1v) is 6.12. The Morgan fingerprint density at radius 3 is 3.00 bits per heavy atom. The average Bonchev–Trinajstić information content (AvgIpc) is 2.79. The van der Waals surface area contributed by atoms with Crippen molar-refractivity contribution in [3.63, 3.8) is 0 Å². The molecule has 0 saturated carbocycles. The Morgan fingerprint density at radius 2 is 2.38 bits per heavy atom. The molecule has 1 aliphatic carbocycles. The molecule has 2 unspecified atom stereocenters. The molecule has 1 aliphatic heterocycles. The molecule has 1 saturated heterocycles. The van der Waals surface area contributed by atoms with Crippen LogP contribution in [0.4, 0.5) is 4.79 Å². The highest BCUT2D eigenvalue weighted by Gasteiger charge is 2.26. The van der Waals surface area contributed by atoms with Gasteiger partial charge in [0.05, 0.1) is 0 Å². The summed E-state index contributed by atoms with van der Waals surface area (Å²) in [5.41, 5.74) is 0. The molecule has 0 bridgehead atoms. The van der Waals surface area contributed by atoms with Crippen molar-refractivity contribution in [2.75, 3.05) is 19.7 Å². The number of hydrogen-bond donors (Lipinski definition) is 2. The van der Waals surface area contributed by atoms with Gasteiger partial charge in [0, 0.05) is 31.7 Å². The highest BCUT2D eigenvalue weighted by atomic mass is 16.3. The Morgan fingerprint density at radius 1 is 1.50 bits per heavy atom. The van der Waals surface area contributed by atoms with Gasteiger partial charge in [-0.15, -0.1) is 0 Å². The van der Waals surface area contributed by atoms with Crippen LogP contribution in [0.1, 0.15) is 25.7 Å². The molecule has 1 heterocycles. The summed E-state index contributed by atoms with van der Waals surface area (Å²) in [6.07, 6.45) is 8.46. The van der Waals surface area contributed by atoms with Crippen LogP contribution in [0.3, 0.4) is 0 Å². The average molecular weight is 224 g/mol. The number of urea groups is 1. The number of likely N-dealkylation sites (tertiary alicyclic amines) is 1. The van der Waals surface area contributed by atoms with E-state index in [1.807, 2.05) is 4.90 Å². The lowest BCUT2D eigenvalue weighted by molar-refractivity contribution is 0.196. The fourth-order valence-electron chi connectivity index (χ4n) is 2.35. The van der Waals surface area contributed by atoms with Crippen LogP contribution in [0.2, 0.25) is 0 Å². The summed E-state index contributed by atoms with van der Waals surface area (Å²) >= 11 is 0. The third-order valence-electron chi connectivity index (χ3n) is 3.39. The number of hydrogen-bond acceptors (Lipinski definition) is 2. The predicted molar refractivity (Wildman–Crippen MR) is 62.1 cm³/mol. The van der Waals surface area contributed by atoms with Crippen molar-refractivity contribution in [3.8, 4) is 0 Å². The lowest BCUT2D eigenvalue weighted by atomic mass is 10.0. The normalized spacial score (nSPS) is 29.4. The van der Waals surface area contributed by atoms with E-state index in [-0.39, 0.29) is 24.6 Å². The zero-order valence-electron chi connectivity index (χ0n) is 9.56. The molecule has 0 aromatic heterocycles. The monoisotopic (exact) mass is 224 g/mol. The van der Waals surface area contributed by atoms with Gasteiger partial charge >= 0.3 is 6.03 Å². The summed E-state index contributed by atoms with van der Waals surface area (Å²) in [5.74, 6) is 0.271. The van der Waals surface area contributed by atoms with Crippen LogP contribution < -0.4 is 5.32 Å². The number of aliphatic hydroxyl groups is 1. The van der Waals surface area contributed by atoms with Crippen LogP contribution in [-0.4, -0.2) is 41.8 Å². The maximum atomic E-state index is 11.9. The third-order valence-corrected chi connectivity index (χ3v) is 3.39. The molecule has 0 aromatic carbocycles. The summed E-state index contributed by atoms with van der Waals surface area (Å²) in [6, 6.07) is 0.224. The Labute approximate surface area is 96.3 Å². The summed E-state index contributed by atoms with van der Waals surface area (Å²) in [5, 5.41) is 12.0. The number of carbonyl (C=O) groups is 1. The van der Waals surface area contributed by atoms with Gasteiger partial charge in [0.15, 0.2) is 0 Å². The molecule has 4 heteroatoms. The van der Waals surface area contributed by atoms with Crippen LogP contribution in [0, 0.1) is 5.92 Å². The highest BCUT2D eigenvalue weighted by molar-refractivity contribution is 5.75. The molecule has 1 fully saturated rings. The van der Waals surface area contributed by atoms with Gasteiger partial charge in [0.25, 0.3) is 0 Å². The zero-order valence-corrected chi connectivity index (χ0v) is 9.56. The van der Waals surface area contributed by atoms with Crippen LogP contribution in [-0.2, 0) is 0 Å². The number of rotatable bonds is 2. The highest BCUT2D eigenvalue weighted by Crippen LogP contribution is 2.16. The first-order chi connectivity index (χ1) is 7.79. The van der Waals surface area contributed by atoms with Crippen molar-refractivity contribution in [2.45, 2.75) is 31.7 Å². The van der Waals surface area contributed by atoms with Crippen molar-refractivity contribution in [1.29, 1.82) is 0 Å². The molecule has 2 amide bonds. The molecule has 90 valence electrons. The topological polar surface area (TPSA) is 52.6 Å². The minimum Gasteiger partial charge on any atom is -0.396 e. The molecule has 0 aromatic rings. The van der Waals surface area contributed by atoms with Gasteiger partial charge in [0.2, 0.25) is 0 Å². The molecular formula is C12H20N2O2. The van der Waals surface area contributed by atoms with Gasteiger partial charge in [0.1, 0.15) is 0 Å². The van der Waals surface area contributed by atoms with E-state index < -0.39 is 0 Å². The van der Waals surface area contributed by atoms with E-state index in [0.717, 1.165) is 32.2 Å². The van der Waals surface area contributed by atoms with E-state index >= 15 is 0 Å². The largest absolute Gasteiger partial charge is 0.396 e. The summed E-state index contributed by atoms with van der Waals surface area (Å²) in [4.78, 5) is 13.7.